The number of nitrogens with zero attached hydrogens (tertiary/aromatic N) is 1. The number of benzene rings is 1. The highest BCUT2D eigenvalue weighted by Crippen LogP contribution is 2.16. The predicted octanol–water partition coefficient (Wildman–Crippen LogP) is 3.27. The van der Waals surface area contributed by atoms with E-state index >= 15 is 0 Å². The van der Waals surface area contributed by atoms with Crippen LogP contribution in [0.1, 0.15) is 30.6 Å². The maximum Gasteiger partial charge on any atom is 0.0364 e. The summed E-state index contributed by atoms with van der Waals surface area (Å²) in [7, 11) is 2.08. The van der Waals surface area contributed by atoms with Crippen molar-refractivity contribution in [1.29, 1.82) is 0 Å². The van der Waals surface area contributed by atoms with E-state index in [0.717, 1.165) is 13.0 Å². The van der Waals surface area contributed by atoms with E-state index in [1.807, 2.05) is 0 Å². The quantitative estimate of drug-likeness (QED) is 0.831. The fraction of sp³-hybridized carbons (Fsp3) is 0.333. The minimum atomic E-state index is 0.436. The smallest absolute Gasteiger partial charge is 0.0364 e. The topological polar surface area (TPSA) is 17.0 Å². The number of aryl methyl sites for hydroxylation is 1. The molecule has 0 spiro atoms. The molecule has 17 heavy (non-hydrogen) atoms. The monoisotopic (exact) mass is 228 g/mol. The molecule has 1 atom stereocenters. The number of hydrogen-bond acceptors (Lipinski definition) is 1. The van der Waals surface area contributed by atoms with Gasteiger partial charge in [-0.15, -0.1) is 0 Å². The summed E-state index contributed by atoms with van der Waals surface area (Å²) in [4.78, 5) is 0. The van der Waals surface area contributed by atoms with Crippen LogP contribution in [0.5, 0.6) is 0 Å². The second-order valence-electron chi connectivity index (χ2n) is 4.36. The lowest BCUT2D eigenvalue weighted by atomic mass is 10.0. The molecule has 0 aliphatic carbocycles. The van der Waals surface area contributed by atoms with Crippen molar-refractivity contribution in [3.05, 3.63) is 59.9 Å². The van der Waals surface area contributed by atoms with Gasteiger partial charge in [0.2, 0.25) is 0 Å². The molecule has 2 rings (SSSR count). The first-order valence-corrected chi connectivity index (χ1v) is 6.19. The van der Waals surface area contributed by atoms with E-state index in [-0.39, 0.29) is 0 Å². The normalized spacial score (nSPS) is 12.6. The number of aromatic nitrogens is 1. The summed E-state index contributed by atoms with van der Waals surface area (Å²) in [6.07, 6.45) is 3.19. The Bertz CT molecular complexity index is 445. The molecule has 0 radical (unpaired) electrons. The van der Waals surface area contributed by atoms with E-state index in [9.17, 15) is 0 Å². The lowest BCUT2D eigenvalue weighted by molar-refractivity contribution is 0.508. The lowest BCUT2D eigenvalue weighted by Crippen LogP contribution is -2.21. The van der Waals surface area contributed by atoms with Gasteiger partial charge in [0.15, 0.2) is 0 Å². The van der Waals surface area contributed by atoms with Gasteiger partial charge in [0.1, 0.15) is 0 Å². The minimum Gasteiger partial charge on any atom is -0.353 e. The van der Waals surface area contributed by atoms with Gasteiger partial charge in [0.25, 0.3) is 0 Å². The Kier molecular flexibility index (Phi) is 3.99. The molecule has 0 bridgehead atoms. The summed E-state index contributed by atoms with van der Waals surface area (Å²) in [6.45, 7) is 3.13. The van der Waals surface area contributed by atoms with Crippen molar-refractivity contribution in [2.24, 2.45) is 7.05 Å². The van der Waals surface area contributed by atoms with Crippen LogP contribution >= 0.6 is 0 Å². The standard InChI is InChI=1S/C15H20N2/c1-3-15(13-8-5-4-6-9-13)16-12-14-10-7-11-17(14)2/h4-11,15-16H,3,12H2,1-2H3. The maximum atomic E-state index is 3.61. The fourth-order valence-corrected chi connectivity index (χ4v) is 2.09. The summed E-state index contributed by atoms with van der Waals surface area (Å²) in [5.41, 5.74) is 2.68. The summed E-state index contributed by atoms with van der Waals surface area (Å²) >= 11 is 0. The van der Waals surface area contributed by atoms with E-state index in [1.165, 1.54) is 11.3 Å². The fourth-order valence-electron chi connectivity index (χ4n) is 2.09. The summed E-state index contributed by atoms with van der Waals surface area (Å²) in [5.74, 6) is 0. The second kappa shape index (κ2) is 5.69. The Labute approximate surface area is 103 Å². The molecule has 0 saturated heterocycles. The molecular weight excluding hydrogens is 208 g/mol. The molecule has 1 N–H and O–H groups in total. The van der Waals surface area contributed by atoms with Gasteiger partial charge in [-0.2, -0.15) is 0 Å². The lowest BCUT2D eigenvalue weighted by Gasteiger charge is -2.17. The van der Waals surface area contributed by atoms with Crippen LogP contribution in [0.3, 0.4) is 0 Å². The van der Waals surface area contributed by atoms with Crippen LogP contribution in [0, 0.1) is 0 Å². The molecule has 0 aliphatic heterocycles. The van der Waals surface area contributed by atoms with Gasteiger partial charge in [-0.3, -0.25) is 0 Å². The number of nitrogens with one attached hydrogen (secondary N) is 1. The summed E-state index contributed by atoms with van der Waals surface area (Å²) in [5, 5.41) is 3.61. The SMILES string of the molecule is CCC(NCc1cccn1C)c1ccccc1. The Balaban J connectivity index is 1.99. The Hall–Kier alpha value is -1.54. The zero-order valence-corrected chi connectivity index (χ0v) is 10.6. The molecule has 1 aromatic carbocycles. The van der Waals surface area contributed by atoms with E-state index < -0.39 is 0 Å². The van der Waals surface area contributed by atoms with Crippen LogP contribution in [-0.2, 0) is 13.6 Å². The minimum absolute atomic E-state index is 0.436. The average Bonchev–Trinajstić information content (AvgIpc) is 2.77. The molecule has 1 unspecified atom stereocenters. The molecule has 2 aromatic rings. The molecule has 2 nitrogen and oxygen atoms in total. The highest BCUT2D eigenvalue weighted by Gasteiger charge is 2.08. The molecule has 90 valence electrons. The Morgan fingerprint density at radius 3 is 2.47 bits per heavy atom. The highest BCUT2D eigenvalue weighted by atomic mass is 15.0. The van der Waals surface area contributed by atoms with Crippen LogP contribution in [0.2, 0.25) is 0 Å². The van der Waals surface area contributed by atoms with Crippen LogP contribution < -0.4 is 5.32 Å². The zero-order valence-electron chi connectivity index (χ0n) is 10.6. The van der Waals surface area contributed by atoms with Gasteiger partial charge < -0.3 is 9.88 Å². The van der Waals surface area contributed by atoms with Crippen LogP contribution in [0.4, 0.5) is 0 Å². The molecule has 0 saturated carbocycles. The van der Waals surface area contributed by atoms with E-state index in [4.69, 9.17) is 0 Å². The van der Waals surface area contributed by atoms with E-state index in [0.29, 0.717) is 6.04 Å². The van der Waals surface area contributed by atoms with Crippen molar-refractivity contribution < 1.29 is 0 Å². The third-order valence-corrected chi connectivity index (χ3v) is 3.19. The van der Waals surface area contributed by atoms with Crippen molar-refractivity contribution in [2.75, 3.05) is 0 Å². The first-order chi connectivity index (χ1) is 8.31. The van der Waals surface area contributed by atoms with Crippen LogP contribution in [0.15, 0.2) is 48.7 Å². The Morgan fingerprint density at radius 1 is 1.12 bits per heavy atom. The molecular formula is C15H20N2. The van der Waals surface area contributed by atoms with Crippen LogP contribution in [-0.4, -0.2) is 4.57 Å². The van der Waals surface area contributed by atoms with Crippen molar-refractivity contribution in [3.63, 3.8) is 0 Å². The maximum absolute atomic E-state index is 3.61. The van der Waals surface area contributed by atoms with Gasteiger partial charge in [-0.1, -0.05) is 37.3 Å². The molecule has 2 heteroatoms. The van der Waals surface area contributed by atoms with Gasteiger partial charge >= 0.3 is 0 Å². The van der Waals surface area contributed by atoms with Crippen molar-refractivity contribution in [3.8, 4) is 0 Å². The third kappa shape index (κ3) is 2.98. The number of rotatable bonds is 5. The second-order valence-corrected chi connectivity index (χ2v) is 4.36. The van der Waals surface area contributed by atoms with Crippen molar-refractivity contribution in [1.82, 2.24) is 9.88 Å². The van der Waals surface area contributed by atoms with Crippen LogP contribution in [0.25, 0.3) is 0 Å². The van der Waals surface area contributed by atoms with Gasteiger partial charge in [-0.25, -0.2) is 0 Å². The van der Waals surface area contributed by atoms with Gasteiger partial charge in [0, 0.05) is 31.5 Å². The number of hydrogen-bond donors (Lipinski definition) is 1. The van der Waals surface area contributed by atoms with Gasteiger partial charge in [0.05, 0.1) is 0 Å². The largest absolute Gasteiger partial charge is 0.353 e. The average molecular weight is 228 g/mol. The predicted molar refractivity (Wildman–Crippen MR) is 71.7 cm³/mol. The van der Waals surface area contributed by atoms with E-state index in [2.05, 4.69) is 72.5 Å². The van der Waals surface area contributed by atoms with Crippen molar-refractivity contribution in [2.45, 2.75) is 25.9 Å². The molecule has 0 fully saturated rings. The molecule has 0 amide bonds. The third-order valence-electron chi connectivity index (χ3n) is 3.19. The zero-order chi connectivity index (χ0) is 12.1. The molecule has 1 aromatic heterocycles. The summed E-state index contributed by atoms with van der Waals surface area (Å²) in [6, 6.07) is 15.3. The first kappa shape index (κ1) is 11.9. The molecule has 1 heterocycles. The molecule has 0 aliphatic rings. The summed E-state index contributed by atoms with van der Waals surface area (Å²) < 4.78 is 2.16. The van der Waals surface area contributed by atoms with Crippen molar-refractivity contribution >= 4 is 0 Å². The Morgan fingerprint density at radius 2 is 1.88 bits per heavy atom. The first-order valence-electron chi connectivity index (χ1n) is 6.19. The van der Waals surface area contributed by atoms with E-state index in [1.54, 1.807) is 0 Å². The van der Waals surface area contributed by atoms with Gasteiger partial charge in [-0.05, 0) is 24.1 Å². The highest BCUT2D eigenvalue weighted by molar-refractivity contribution is 5.19.